The summed E-state index contributed by atoms with van der Waals surface area (Å²) in [5, 5.41) is 6.16. The summed E-state index contributed by atoms with van der Waals surface area (Å²) >= 11 is 5.96. The van der Waals surface area contributed by atoms with Gasteiger partial charge in [-0.15, -0.1) is 0 Å². The summed E-state index contributed by atoms with van der Waals surface area (Å²) in [5.41, 5.74) is 1.20. The number of nitrogens with one attached hydrogen (secondary N) is 2. The van der Waals surface area contributed by atoms with Gasteiger partial charge in [0.05, 0.1) is 13.2 Å². The standard InChI is InChI=1S/C21H32ClN5O3/c22-18-2-4-19(5-3-18)27-12-10-25(11-13-27)8-1-6-23-20(28)21(29)24-7-9-26-14-16-30-17-15-26/h2-5H,1,6-17H2,(H,23,28)(H,24,29). The molecule has 2 aliphatic heterocycles. The smallest absolute Gasteiger partial charge is 0.309 e. The highest BCUT2D eigenvalue weighted by Gasteiger charge is 2.18. The number of nitrogens with zero attached hydrogens (tertiary/aromatic N) is 3. The van der Waals surface area contributed by atoms with Gasteiger partial charge in [0.15, 0.2) is 0 Å². The summed E-state index contributed by atoms with van der Waals surface area (Å²) in [6, 6.07) is 7.95. The number of benzene rings is 1. The van der Waals surface area contributed by atoms with Crippen molar-refractivity contribution in [2.75, 3.05) is 83.6 Å². The molecule has 0 aromatic heterocycles. The summed E-state index contributed by atoms with van der Waals surface area (Å²) in [5.74, 6) is -1.11. The van der Waals surface area contributed by atoms with Crippen molar-refractivity contribution in [3.05, 3.63) is 29.3 Å². The predicted molar refractivity (Wildman–Crippen MR) is 118 cm³/mol. The molecule has 0 radical (unpaired) electrons. The molecule has 2 amide bonds. The van der Waals surface area contributed by atoms with Crippen LogP contribution in [0.4, 0.5) is 5.69 Å². The van der Waals surface area contributed by atoms with Crippen LogP contribution in [0.1, 0.15) is 6.42 Å². The van der Waals surface area contributed by atoms with Crippen LogP contribution in [-0.4, -0.2) is 100 Å². The minimum atomic E-state index is -0.556. The van der Waals surface area contributed by atoms with E-state index in [0.29, 0.717) is 13.1 Å². The van der Waals surface area contributed by atoms with E-state index in [4.69, 9.17) is 16.3 Å². The van der Waals surface area contributed by atoms with Crippen LogP contribution < -0.4 is 15.5 Å². The van der Waals surface area contributed by atoms with Crippen LogP contribution in [0.25, 0.3) is 0 Å². The van der Waals surface area contributed by atoms with Crippen molar-refractivity contribution in [1.82, 2.24) is 20.4 Å². The fraction of sp³-hybridized carbons (Fsp3) is 0.619. The maximum atomic E-state index is 11.9. The van der Waals surface area contributed by atoms with E-state index in [1.54, 1.807) is 0 Å². The highest BCUT2D eigenvalue weighted by Crippen LogP contribution is 2.19. The molecule has 2 aliphatic rings. The first kappa shape index (κ1) is 22.8. The number of anilines is 1. The van der Waals surface area contributed by atoms with E-state index in [9.17, 15) is 9.59 Å². The Morgan fingerprint density at radius 2 is 1.43 bits per heavy atom. The van der Waals surface area contributed by atoms with Gasteiger partial charge in [0.25, 0.3) is 0 Å². The number of hydrogen-bond acceptors (Lipinski definition) is 6. The largest absolute Gasteiger partial charge is 0.379 e. The molecule has 0 bridgehead atoms. The number of carbonyl (C=O) groups is 2. The monoisotopic (exact) mass is 437 g/mol. The maximum absolute atomic E-state index is 11.9. The van der Waals surface area contributed by atoms with E-state index < -0.39 is 11.8 Å². The second-order valence-electron chi connectivity index (χ2n) is 7.62. The van der Waals surface area contributed by atoms with Crippen LogP contribution in [0.3, 0.4) is 0 Å². The first-order valence-electron chi connectivity index (χ1n) is 10.7. The first-order chi connectivity index (χ1) is 14.6. The number of ether oxygens (including phenoxy) is 1. The Morgan fingerprint density at radius 1 is 0.833 bits per heavy atom. The Bertz CT molecular complexity index is 674. The molecule has 1 aromatic carbocycles. The van der Waals surface area contributed by atoms with E-state index in [0.717, 1.165) is 77.0 Å². The van der Waals surface area contributed by atoms with Gasteiger partial charge in [-0.25, -0.2) is 0 Å². The number of hydrogen-bond donors (Lipinski definition) is 2. The molecular formula is C21H32ClN5O3. The summed E-state index contributed by atoms with van der Waals surface area (Å²) in [6.07, 6.45) is 0.827. The molecule has 0 atom stereocenters. The molecule has 166 valence electrons. The van der Waals surface area contributed by atoms with Crippen molar-refractivity contribution >= 4 is 29.1 Å². The Hall–Kier alpha value is -1.87. The predicted octanol–water partition coefficient (Wildman–Crippen LogP) is 0.417. The van der Waals surface area contributed by atoms with Gasteiger partial charge in [-0.1, -0.05) is 11.6 Å². The summed E-state index contributed by atoms with van der Waals surface area (Å²) in [6.45, 7) is 9.74. The van der Waals surface area contributed by atoms with Crippen molar-refractivity contribution in [2.45, 2.75) is 6.42 Å². The van der Waals surface area contributed by atoms with Gasteiger partial charge < -0.3 is 20.3 Å². The lowest BCUT2D eigenvalue weighted by molar-refractivity contribution is -0.139. The third-order valence-corrected chi connectivity index (χ3v) is 5.78. The molecule has 8 nitrogen and oxygen atoms in total. The molecule has 0 aliphatic carbocycles. The molecule has 0 unspecified atom stereocenters. The van der Waals surface area contributed by atoms with Gasteiger partial charge in [-0.05, 0) is 37.2 Å². The normalized spacial score (nSPS) is 18.2. The molecular weight excluding hydrogens is 406 g/mol. The van der Waals surface area contributed by atoms with Crippen LogP contribution in [0.2, 0.25) is 5.02 Å². The number of piperazine rings is 1. The number of rotatable bonds is 8. The molecule has 30 heavy (non-hydrogen) atoms. The summed E-state index contributed by atoms with van der Waals surface area (Å²) < 4.78 is 5.29. The highest BCUT2D eigenvalue weighted by molar-refractivity contribution is 6.35. The lowest BCUT2D eigenvalue weighted by atomic mass is 10.2. The van der Waals surface area contributed by atoms with Gasteiger partial charge in [-0.2, -0.15) is 0 Å². The maximum Gasteiger partial charge on any atom is 0.309 e. The Morgan fingerprint density at radius 3 is 2.10 bits per heavy atom. The number of amides is 2. The second kappa shape index (κ2) is 12.1. The minimum Gasteiger partial charge on any atom is -0.379 e. The van der Waals surface area contributed by atoms with Crippen LogP contribution in [-0.2, 0) is 14.3 Å². The van der Waals surface area contributed by atoms with Crippen molar-refractivity contribution in [1.29, 1.82) is 0 Å². The van der Waals surface area contributed by atoms with Crippen LogP contribution in [0.15, 0.2) is 24.3 Å². The van der Waals surface area contributed by atoms with Gasteiger partial charge >= 0.3 is 11.8 Å². The Labute approximate surface area is 183 Å². The molecule has 0 saturated carbocycles. The SMILES string of the molecule is O=C(NCCCN1CCN(c2ccc(Cl)cc2)CC1)C(=O)NCCN1CCOCC1. The fourth-order valence-corrected chi connectivity index (χ4v) is 3.83. The van der Waals surface area contributed by atoms with E-state index in [2.05, 4.69) is 37.5 Å². The Kier molecular flexibility index (Phi) is 9.20. The number of carbonyl (C=O) groups excluding carboxylic acids is 2. The average molecular weight is 438 g/mol. The third kappa shape index (κ3) is 7.43. The van der Waals surface area contributed by atoms with Gasteiger partial charge in [0, 0.05) is 69.6 Å². The molecule has 1 aromatic rings. The highest BCUT2D eigenvalue weighted by atomic mass is 35.5. The molecule has 0 spiro atoms. The van der Waals surface area contributed by atoms with Gasteiger partial charge in [-0.3, -0.25) is 19.4 Å². The summed E-state index contributed by atoms with van der Waals surface area (Å²) in [7, 11) is 0. The van der Waals surface area contributed by atoms with Crippen LogP contribution in [0, 0.1) is 0 Å². The van der Waals surface area contributed by atoms with Crippen molar-refractivity contribution in [3.63, 3.8) is 0 Å². The van der Waals surface area contributed by atoms with E-state index in [1.807, 2.05) is 12.1 Å². The zero-order valence-electron chi connectivity index (χ0n) is 17.4. The minimum absolute atomic E-state index is 0.476. The van der Waals surface area contributed by atoms with Gasteiger partial charge in [0.2, 0.25) is 0 Å². The van der Waals surface area contributed by atoms with E-state index in [-0.39, 0.29) is 0 Å². The topological polar surface area (TPSA) is 77.2 Å². The quantitative estimate of drug-likeness (QED) is 0.453. The molecule has 2 fully saturated rings. The lowest BCUT2D eigenvalue weighted by Crippen LogP contribution is -2.47. The fourth-order valence-electron chi connectivity index (χ4n) is 3.70. The first-order valence-corrected chi connectivity index (χ1v) is 11.1. The van der Waals surface area contributed by atoms with Gasteiger partial charge in [0.1, 0.15) is 0 Å². The zero-order chi connectivity index (χ0) is 21.2. The number of halogens is 1. The summed E-state index contributed by atoms with van der Waals surface area (Å²) in [4.78, 5) is 30.8. The van der Waals surface area contributed by atoms with Crippen molar-refractivity contribution in [2.24, 2.45) is 0 Å². The third-order valence-electron chi connectivity index (χ3n) is 5.52. The second-order valence-corrected chi connectivity index (χ2v) is 8.06. The molecule has 2 saturated heterocycles. The zero-order valence-corrected chi connectivity index (χ0v) is 18.2. The Balaban J connectivity index is 1.23. The lowest BCUT2D eigenvalue weighted by Gasteiger charge is -2.36. The number of morpholine rings is 1. The van der Waals surface area contributed by atoms with E-state index in [1.165, 1.54) is 5.69 Å². The molecule has 9 heteroatoms. The van der Waals surface area contributed by atoms with Crippen LogP contribution >= 0.6 is 11.6 Å². The molecule has 3 rings (SSSR count). The van der Waals surface area contributed by atoms with Crippen molar-refractivity contribution in [3.8, 4) is 0 Å². The van der Waals surface area contributed by atoms with Crippen molar-refractivity contribution < 1.29 is 14.3 Å². The molecule has 2 N–H and O–H groups in total. The van der Waals surface area contributed by atoms with Crippen LogP contribution in [0.5, 0.6) is 0 Å². The molecule has 2 heterocycles. The average Bonchev–Trinajstić information content (AvgIpc) is 2.78. The van der Waals surface area contributed by atoms with E-state index >= 15 is 0 Å².